The van der Waals surface area contributed by atoms with Gasteiger partial charge in [0.25, 0.3) is 0 Å². The fraction of sp³-hybridized carbons (Fsp3) is 0.600. The molecule has 1 atom stereocenters. The zero-order valence-corrected chi connectivity index (χ0v) is 13.6. The highest BCUT2D eigenvalue weighted by atomic mass is 79.9. The summed E-state index contributed by atoms with van der Waals surface area (Å²) in [6, 6.07) is 4.46. The standard InChI is InChI=1S/C15H20BrF3N2/c1-11(21-7-3-2-4-8-21)10-20-14-6-5-12(16)9-13(14)15(17,18)19/h5-6,9,11,20H,2-4,7-8,10H2,1H3. The Kier molecular flexibility index (Phi) is 5.54. The second kappa shape index (κ2) is 7.01. The van der Waals surface area contributed by atoms with Crippen LogP contribution in [0.2, 0.25) is 0 Å². The van der Waals surface area contributed by atoms with Crippen LogP contribution in [-0.2, 0) is 6.18 Å². The van der Waals surface area contributed by atoms with Crippen molar-refractivity contribution in [3.05, 3.63) is 28.2 Å². The number of nitrogens with one attached hydrogen (secondary N) is 1. The van der Waals surface area contributed by atoms with Gasteiger partial charge >= 0.3 is 6.18 Å². The van der Waals surface area contributed by atoms with Gasteiger partial charge < -0.3 is 5.32 Å². The van der Waals surface area contributed by atoms with Gasteiger partial charge in [-0.05, 0) is 51.1 Å². The molecule has 0 radical (unpaired) electrons. The maximum absolute atomic E-state index is 13.0. The first-order valence-electron chi connectivity index (χ1n) is 7.22. The third-order valence-corrected chi connectivity index (χ3v) is 4.38. The number of alkyl halides is 3. The molecule has 0 amide bonds. The summed E-state index contributed by atoms with van der Waals surface area (Å²) in [6.45, 7) is 4.65. The van der Waals surface area contributed by atoms with Crippen LogP contribution in [-0.4, -0.2) is 30.6 Å². The molecular weight excluding hydrogens is 345 g/mol. The van der Waals surface area contributed by atoms with Gasteiger partial charge in [0, 0.05) is 22.7 Å². The molecule has 0 spiro atoms. The highest BCUT2D eigenvalue weighted by Gasteiger charge is 2.33. The molecule has 1 aromatic carbocycles. The Labute approximate surface area is 131 Å². The summed E-state index contributed by atoms with van der Waals surface area (Å²) in [5.41, 5.74) is -0.475. The van der Waals surface area contributed by atoms with Gasteiger partial charge in [-0.2, -0.15) is 13.2 Å². The summed E-state index contributed by atoms with van der Waals surface area (Å²) in [4.78, 5) is 2.34. The fourth-order valence-electron chi connectivity index (χ4n) is 2.65. The number of benzene rings is 1. The summed E-state index contributed by atoms with van der Waals surface area (Å²) in [6.07, 6.45) is -0.741. The Morgan fingerprint density at radius 2 is 1.90 bits per heavy atom. The maximum atomic E-state index is 13.0. The molecule has 2 rings (SSSR count). The Morgan fingerprint density at radius 3 is 2.52 bits per heavy atom. The van der Waals surface area contributed by atoms with E-state index in [2.05, 4.69) is 33.1 Å². The lowest BCUT2D eigenvalue weighted by Crippen LogP contribution is -2.41. The molecule has 2 nitrogen and oxygen atoms in total. The van der Waals surface area contributed by atoms with Crippen LogP contribution in [0.5, 0.6) is 0 Å². The van der Waals surface area contributed by atoms with Gasteiger partial charge in [-0.3, -0.25) is 4.90 Å². The second-order valence-corrected chi connectivity index (χ2v) is 6.43. The van der Waals surface area contributed by atoms with E-state index < -0.39 is 11.7 Å². The van der Waals surface area contributed by atoms with Crippen LogP contribution in [0.3, 0.4) is 0 Å². The number of hydrogen-bond acceptors (Lipinski definition) is 2. The molecule has 1 aliphatic heterocycles. The molecule has 0 aliphatic carbocycles. The maximum Gasteiger partial charge on any atom is 0.418 e. The van der Waals surface area contributed by atoms with E-state index in [9.17, 15) is 13.2 Å². The van der Waals surface area contributed by atoms with Crippen molar-refractivity contribution >= 4 is 21.6 Å². The van der Waals surface area contributed by atoms with Crippen LogP contribution in [0.4, 0.5) is 18.9 Å². The van der Waals surface area contributed by atoms with Crippen molar-refractivity contribution in [2.45, 2.75) is 38.4 Å². The molecule has 0 aromatic heterocycles. The van der Waals surface area contributed by atoms with Crippen LogP contribution in [0, 0.1) is 0 Å². The van der Waals surface area contributed by atoms with E-state index in [-0.39, 0.29) is 11.7 Å². The summed E-state index contributed by atoms with van der Waals surface area (Å²) in [5.74, 6) is 0. The molecule has 0 bridgehead atoms. The molecule has 1 N–H and O–H groups in total. The zero-order chi connectivity index (χ0) is 15.5. The van der Waals surface area contributed by atoms with E-state index in [4.69, 9.17) is 0 Å². The highest BCUT2D eigenvalue weighted by Crippen LogP contribution is 2.36. The summed E-state index contributed by atoms with van der Waals surface area (Å²) in [7, 11) is 0. The molecule has 118 valence electrons. The SMILES string of the molecule is CC(CNc1ccc(Br)cc1C(F)(F)F)N1CCCCC1. The second-order valence-electron chi connectivity index (χ2n) is 5.51. The van der Waals surface area contributed by atoms with Gasteiger partial charge in [0.05, 0.1) is 5.56 Å². The minimum Gasteiger partial charge on any atom is -0.383 e. The quantitative estimate of drug-likeness (QED) is 0.828. The molecule has 1 heterocycles. The largest absolute Gasteiger partial charge is 0.418 e. The molecule has 21 heavy (non-hydrogen) atoms. The minimum atomic E-state index is -4.35. The molecule has 1 saturated heterocycles. The summed E-state index contributed by atoms with van der Waals surface area (Å²) in [5, 5.41) is 2.96. The summed E-state index contributed by atoms with van der Waals surface area (Å²) < 4.78 is 39.5. The van der Waals surface area contributed by atoms with Crippen molar-refractivity contribution in [1.29, 1.82) is 0 Å². The summed E-state index contributed by atoms with van der Waals surface area (Å²) >= 11 is 3.10. The van der Waals surface area contributed by atoms with Gasteiger partial charge in [-0.15, -0.1) is 0 Å². The van der Waals surface area contributed by atoms with Gasteiger partial charge in [0.1, 0.15) is 0 Å². The number of hydrogen-bond donors (Lipinski definition) is 1. The number of piperidine rings is 1. The first kappa shape index (κ1) is 16.6. The van der Waals surface area contributed by atoms with E-state index in [0.717, 1.165) is 19.2 Å². The van der Waals surface area contributed by atoms with Crippen molar-refractivity contribution in [1.82, 2.24) is 4.90 Å². The molecule has 6 heteroatoms. The van der Waals surface area contributed by atoms with Crippen LogP contribution in [0.1, 0.15) is 31.7 Å². The highest BCUT2D eigenvalue weighted by molar-refractivity contribution is 9.10. The zero-order valence-electron chi connectivity index (χ0n) is 12.0. The molecule has 1 fully saturated rings. The third kappa shape index (κ3) is 4.61. The van der Waals surface area contributed by atoms with Crippen LogP contribution in [0.15, 0.2) is 22.7 Å². The first-order valence-corrected chi connectivity index (χ1v) is 8.02. The lowest BCUT2D eigenvalue weighted by atomic mass is 10.1. The minimum absolute atomic E-state index is 0.148. The predicted molar refractivity (Wildman–Crippen MR) is 82.5 cm³/mol. The number of likely N-dealkylation sites (tertiary alicyclic amines) is 1. The molecule has 1 aromatic rings. The van der Waals surface area contributed by atoms with E-state index >= 15 is 0 Å². The van der Waals surface area contributed by atoms with E-state index in [0.29, 0.717) is 11.0 Å². The Balaban J connectivity index is 2.02. The van der Waals surface area contributed by atoms with Gasteiger partial charge in [0.2, 0.25) is 0 Å². The van der Waals surface area contributed by atoms with Crippen LogP contribution in [0.25, 0.3) is 0 Å². The fourth-order valence-corrected chi connectivity index (χ4v) is 3.01. The third-order valence-electron chi connectivity index (χ3n) is 3.89. The number of halogens is 4. The molecule has 1 aliphatic rings. The van der Waals surface area contributed by atoms with Crippen molar-refractivity contribution in [3.63, 3.8) is 0 Å². The average molecular weight is 365 g/mol. The van der Waals surface area contributed by atoms with Gasteiger partial charge in [-0.1, -0.05) is 22.4 Å². The van der Waals surface area contributed by atoms with Gasteiger partial charge in [0.15, 0.2) is 0 Å². The Hall–Kier alpha value is -0.750. The average Bonchev–Trinajstić information content (AvgIpc) is 2.45. The predicted octanol–water partition coefficient (Wildman–Crippen LogP) is 4.75. The van der Waals surface area contributed by atoms with Crippen molar-refractivity contribution < 1.29 is 13.2 Å². The van der Waals surface area contributed by atoms with Crippen molar-refractivity contribution in [2.75, 3.05) is 25.0 Å². The van der Waals surface area contributed by atoms with Crippen molar-refractivity contribution in [2.24, 2.45) is 0 Å². The monoisotopic (exact) mass is 364 g/mol. The molecular formula is C15H20BrF3N2. The lowest BCUT2D eigenvalue weighted by Gasteiger charge is -2.32. The van der Waals surface area contributed by atoms with E-state index in [1.165, 1.54) is 25.3 Å². The van der Waals surface area contributed by atoms with Crippen LogP contribution < -0.4 is 5.32 Å². The smallest absolute Gasteiger partial charge is 0.383 e. The van der Waals surface area contributed by atoms with E-state index in [1.807, 2.05) is 0 Å². The number of anilines is 1. The van der Waals surface area contributed by atoms with Crippen LogP contribution >= 0.6 is 15.9 Å². The van der Waals surface area contributed by atoms with E-state index in [1.54, 1.807) is 6.07 Å². The van der Waals surface area contributed by atoms with Gasteiger partial charge in [-0.25, -0.2) is 0 Å². The normalized spacial score (nSPS) is 18.5. The number of nitrogens with zero attached hydrogens (tertiary/aromatic N) is 1. The Morgan fingerprint density at radius 1 is 1.24 bits per heavy atom. The first-order chi connectivity index (χ1) is 9.88. The van der Waals surface area contributed by atoms with Crippen molar-refractivity contribution in [3.8, 4) is 0 Å². The Bertz CT molecular complexity index is 470. The topological polar surface area (TPSA) is 15.3 Å². The number of rotatable bonds is 4. The lowest BCUT2D eigenvalue weighted by molar-refractivity contribution is -0.137. The molecule has 1 unspecified atom stereocenters. The molecule has 0 saturated carbocycles.